The Balaban J connectivity index is 2.35. The Kier molecular flexibility index (Phi) is 4.25. The van der Waals surface area contributed by atoms with Crippen LogP contribution in [0.25, 0.3) is 0 Å². The highest BCUT2D eigenvalue weighted by Gasteiger charge is 2.22. The summed E-state index contributed by atoms with van der Waals surface area (Å²) in [6, 6.07) is 6.12. The van der Waals surface area contributed by atoms with Crippen molar-refractivity contribution in [2.75, 3.05) is 18.4 Å². The predicted octanol–water partition coefficient (Wildman–Crippen LogP) is 3.08. The van der Waals surface area contributed by atoms with Gasteiger partial charge in [0, 0.05) is 30.4 Å². The summed E-state index contributed by atoms with van der Waals surface area (Å²) in [5, 5.41) is 3.37. The smallest absolute Gasteiger partial charge is 0.254 e. The molecule has 1 aromatic rings. The molecule has 1 heterocycles. The molecule has 0 saturated heterocycles. The van der Waals surface area contributed by atoms with Gasteiger partial charge < -0.3 is 10.2 Å². The topological polar surface area (TPSA) is 32.3 Å². The molecule has 102 valence electrons. The zero-order valence-corrected chi connectivity index (χ0v) is 11.8. The Morgan fingerprint density at radius 3 is 3.00 bits per heavy atom. The van der Waals surface area contributed by atoms with Crippen molar-refractivity contribution in [2.24, 2.45) is 0 Å². The molecule has 0 radical (unpaired) electrons. The molecule has 0 aliphatic carbocycles. The molecule has 1 aromatic carbocycles. The van der Waals surface area contributed by atoms with E-state index >= 15 is 0 Å². The van der Waals surface area contributed by atoms with Crippen molar-refractivity contribution in [3.8, 4) is 0 Å². The lowest BCUT2D eigenvalue weighted by Crippen LogP contribution is -2.37. The van der Waals surface area contributed by atoms with E-state index in [0.29, 0.717) is 6.54 Å². The Hall–Kier alpha value is -1.77. The molecule has 0 spiro atoms. The largest absolute Gasteiger partial charge is 0.385 e. The highest BCUT2D eigenvalue weighted by atomic mass is 16.2. The van der Waals surface area contributed by atoms with Crippen molar-refractivity contribution in [1.29, 1.82) is 0 Å². The summed E-state index contributed by atoms with van der Waals surface area (Å²) in [6.45, 7) is 9.40. The first kappa shape index (κ1) is 13.7. The van der Waals surface area contributed by atoms with Gasteiger partial charge in [-0.3, -0.25) is 4.79 Å². The van der Waals surface area contributed by atoms with E-state index in [9.17, 15) is 4.79 Å². The van der Waals surface area contributed by atoms with Gasteiger partial charge in [0.1, 0.15) is 0 Å². The van der Waals surface area contributed by atoms with Crippen LogP contribution in [0.5, 0.6) is 0 Å². The molecule has 2 rings (SSSR count). The van der Waals surface area contributed by atoms with Crippen molar-refractivity contribution in [3.63, 3.8) is 0 Å². The first-order chi connectivity index (χ1) is 9.15. The molecule has 0 fully saturated rings. The molecule has 0 unspecified atom stereocenters. The lowest BCUT2D eigenvalue weighted by Gasteiger charge is -2.28. The first-order valence-corrected chi connectivity index (χ1v) is 6.92. The van der Waals surface area contributed by atoms with E-state index in [1.165, 1.54) is 0 Å². The number of hydrogen-bond donors (Lipinski definition) is 1. The number of carbonyl (C=O) groups excluding carboxylic acids is 1. The minimum absolute atomic E-state index is 0.107. The SMILES string of the molecule is C=CCN(C(=O)c1cccc2c1CCCN2)C(C)C. The van der Waals surface area contributed by atoms with E-state index < -0.39 is 0 Å². The third-order valence-electron chi connectivity index (χ3n) is 3.54. The molecule has 3 nitrogen and oxygen atoms in total. The minimum Gasteiger partial charge on any atom is -0.385 e. The fraction of sp³-hybridized carbons (Fsp3) is 0.438. The van der Waals surface area contributed by atoms with Crippen molar-refractivity contribution in [3.05, 3.63) is 42.0 Å². The normalized spacial score (nSPS) is 13.6. The van der Waals surface area contributed by atoms with Crippen molar-refractivity contribution < 1.29 is 4.79 Å². The van der Waals surface area contributed by atoms with Crippen LogP contribution in [-0.4, -0.2) is 29.9 Å². The highest BCUT2D eigenvalue weighted by Crippen LogP contribution is 2.26. The van der Waals surface area contributed by atoms with E-state index in [-0.39, 0.29) is 11.9 Å². The van der Waals surface area contributed by atoms with Gasteiger partial charge in [0.2, 0.25) is 0 Å². The lowest BCUT2D eigenvalue weighted by atomic mass is 9.96. The van der Waals surface area contributed by atoms with Crippen LogP contribution in [-0.2, 0) is 6.42 Å². The molecule has 3 heteroatoms. The average molecular weight is 258 g/mol. The molecule has 1 amide bonds. The van der Waals surface area contributed by atoms with Gasteiger partial charge in [-0.2, -0.15) is 0 Å². The molecule has 19 heavy (non-hydrogen) atoms. The van der Waals surface area contributed by atoms with Gasteiger partial charge in [-0.25, -0.2) is 0 Å². The Morgan fingerprint density at radius 2 is 2.32 bits per heavy atom. The third kappa shape index (κ3) is 2.80. The van der Waals surface area contributed by atoms with Gasteiger partial charge in [-0.15, -0.1) is 6.58 Å². The molecule has 1 aliphatic heterocycles. The molecular weight excluding hydrogens is 236 g/mol. The van der Waals surface area contributed by atoms with Crippen LogP contribution >= 0.6 is 0 Å². The fourth-order valence-corrected chi connectivity index (χ4v) is 2.53. The molecular formula is C16H22N2O. The van der Waals surface area contributed by atoms with Crippen LogP contribution in [0.15, 0.2) is 30.9 Å². The zero-order valence-electron chi connectivity index (χ0n) is 11.8. The van der Waals surface area contributed by atoms with Crippen LogP contribution in [0, 0.1) is 0 Å². The second kappa shape index (κ2) is 5.91. The van der Waals surface area contributed by atoms with Crippen LogP contribution in [0.2, 0.25) is 0 Å². The summed E-state index contributed by atoms with van der Waals surface area (Å²) in [4.78, 5) is 14.6. The average Bonchev–Trinajstić information content (AvgIpc) is 2.43. The second-order valence-corrected chi connectivity index (χ2v) is 5.20. The van der Waals surface area contributed by atoms with Gasteiger partial charge in [0.15, 0.2) is 0 Å². The van der Waals surface area contributed by atoms with Crippen molar-refractivity contribution in [1.82, 2.24) is 4.90 Å². The molecule has 1 aliphatic rings. The van der Waals surface area contributed by atoms with Crippen LogP contribution in [0.1, 0.15) is 36.2 Å². The Labute approximate surface area is 115 Å². The van der Waals surface area contributed by atoms with Crippen molar-refractivity contribution >= 4 is 11.6 Å². The number of carbonyl (C=O) groups is 1. The van der Waals surface area contributed by atoms with E-state index in [2.05, 4.69) is 18.0 Å². The van der Waals surface area contributed by atoms with Crippen LogP contribution < -0.4 is 5.32 Å². The number of nitrogens with zero attached hydrogens (tertiary/aromatic N) is 1. The Bertz CT molecular complexity index is 480. The van der Waals surface area contributed by atoms with Crippen LogP contribution in [0.4, 0.5) is 5.69 Å². The zero-order chi connectivity index (χ0) is 13.8. The molecule has 1 N–H and O–H groups in total. The standard InChI is InChI=1S/C16H22N2O/c1-4-11-18(12(2)3)16(19)14-7-5-9-15-13(14)8-6-10-17-15/h4-5,7,9,12,17H,1,6,8,10-11H2,2-3H3. The maximum Gasteiger partial charge on any atom is 0.254 e. The van der Waals surface area contributed by atoms with Crippen molar-refractivity contribution in [2.45, 2.75) is 32.7 Å². The maximum absolute atomic E-state index is 12.7. The van der Waals surface area contributed by atoms with E-state index in [0.717, 1.165) is 36.2 Å². The number of nitrogens with one attached hydrogen (secondary N) is 1. The van der Waals surface area contributed by atoms with Gasteiger partial charge in [0.25, 0.3) is 5.91 Å². The summed E-state index contributed by atoms with van der Waals surface area (Å²) < 4.78 is 0. The van der Waals surface area contributed by atoms with Gasteiger partial charge in [-0.05, 0) is 44.4 Å². The third-order valence-corrected chi connectivity index (χ3v) is 3.54. The number of fused-ring (bicyclic) bond motifs is 1. The number of benzene rings is 1. The lowest BCUT2D eigenvalue weighted by molar-refractivity contribution is 0.0727. The monoisotopic (exact) mass is 258 g/mol. The van der Waals surface area contributed by atoms with E-state index in [4.69, 9.17) is 0 Å². The summed E-state index contributed by atoms with van der Waals surface area (Å²) in [5.41, 5.74) is 3.10. The quantitative estimate of drug-likeness (QED) is 0.842. The minimum atomic E-state index is 0.107. The number of rotatable bonds is 4. The summed E-state index contributed by atoms with van der Waals surface area (Å²) in [5.74, 6) is 0.107. The van der Waals surface area contributed by atoms with Crippen LogP contribution in [0.3, 0.4) is 0 Å². The summed E-state index contributed by atoms with van der Waals surface area (Å²) in [7, 11) is 0. The predicted molar refractivity (Wildman–Crippen MR) is 79.6 cm³/mol. The number of hydrogen-bond acceptors (Lipinski definition) is 2. The number of anilines is 1. The molecule has 0 aromatic heterocycles. The summed E-state index contributed by atoms with van der Waals surface area (Å²) in [6.07, 6.45) is 3.84. The maximum atomic E-state index is 12.7. The fourth-order valence-electron chi connectivity index (χ4n) is 2.53. The second-order valence-electron chi connectivity index (χ2n) is 5.20. The highest BCUT2D eigenvalue weighted by molar-refractivity contribution is 5.97. The van der Waals surface area contributed by atoms with E-state index in [1.807, 2.05) is 30.9 Å². The first-order valence-electron chi connectivity index (χ1n) is 6.92. The van der Waals surface area contributed by atoms with E-state index in [1.54, 1.807) is 6.08 Å². The van der Waals surface area contributed by atoms with Gasteiger partial charge in [-0.1, -0.05) is 12.1 Å². The molecule has 0 saturated carbocycles. The van der Waals surface area contributed by atoms with Gasteiger partial charge in [0.05, 0.1) is 0 Å². The molecule has 0 bridgehead atoms. The van der Waals surface area contributed by atoms with Gasteiger partial charge >= 0.3 is 0 Å². The molecule has 0 atom stereocenters. The number of amides is 1. The summed E-state index contributed by atoms with van der Waals surface area (Å²) >= 11 is 0. The Morgan fingerprint density at radius 1 is 1.53 bits per heavy atom.